The Morgan fingerprint density at radius 2 is 0.676 bits per heavy atom. The molecule has 0 bridgehead atoms. The van der Waals surface area contributed by atoms with Crippen molar-refractivity contribution in [3.05, 3.63) is 12.2 Å². The van der Waals surface area contributed by atoms with Gasteiger partial charge in [-0.05, 0) is 110 Å². The smallest absolute Gasteiger partial charge is 0.305 e. The Balaban J connectivity index is 5.20. The molecule has 0 aliphatic heterocycles. The zero-order chi connectivity index (χ0) is 54.5. The maximum Gasteiger partial charge on any atom is 0.305 e. The molecule has 0 aromatic heterocycles. The Bertz CT molecular complexity index is 1260. The van der Waals surface area contributed by atoms with Crippen LogP contribution in [0.3, 0.4) is 0 Å². The third-order valence-electron chi connectivity index (χ3n) is 14.3. The van der Waals surface area contributed by atoms with Crippen LogP contribution in [0.4, 0.5) is 0 Å². The summed E-state index contributed by atoms with van der Waals surface area (Å²) in [5.74, 6) is -0.273. The fourth-order valence-corrected chi connectivity index (χ4v) is 9.45. The molecule has 434 valence electrons. The van der Waals surface area contributed by atoms with Crippen LogP contribution in [0.2, 0.25) is 0 Å². The van der Waals surface area contributed by atoms with Gasteiger partial charge in [0, 0.05) is 51.1 Å². The molecule has 0 unspecified atom stereocenters. The molecule has 0 saturated carbocycles. The number of hydrogen-bond donors (Lipinski definition) is 0. The number of ether oxygens (including phenoxy) is 4. The number of carbonyl (C=O) groups excluding carboxylic acids is 5. The summed E-state index contributed by atoms with van der Waals surface area (Å²) < 4.78 is 23.1. The van der Waals surface area contributed by atoms with Gasteiger partial charge in [0.2, 0.25) is 5.91 Å². The van der Waals surface area contributed by atoms with E-state index in [2.05, 4.69) is 51.7 Å². The Morgan fingerprint density at radius 1 is 0.351 bits per heavy atom. The summed E-state index contributed by atoms with van der Waals surface area (Å²) in [5.41, 5.74) is 0. The molecule has 0 heterocycles. The van der Waals surface area contributed by atoms with Gasteiger partial charge in [0.05, 0.1) is 26.4 Å². The van der Waals surface area contributed by atoms with Crippen LogP contribution in [0.25, 0.3) is 0 Å². The van der Waals surface area contributed by atoms with Crippen LogP contribution < -0.4 is 0 Å². The topological polar surface area (TPSA) is 129 Å². The number of carbonyl (C=O) groups is 5. The molecule has 0 aromatic carbocycles. The van der Waals surface area contributed by atoms with Gasteiger partial charge in [-0.3, -0.25) is 24.0 Å². The summed E-state index contributed by atoms with van der Waals surface area (Å²) in [7, 11) is 4.04. The Morgan fingerprint density at radius 3 is 1.03 bits per heavy atom. The van der Waals surface area contributed by atoms with Crippen LogP contribution in [-0.4, -0.2) is 99.7 Å². The molecule has 0 fully saturated rings. The molecule has 74 heavy (non-hydrogen) atoms. The average Bonchev–Trinajstić information content (AvgIpc) is 3.38. The van der Waals surface area contributed by atoms with Gasteiger partial charge in [0.1, 0.15) is 0 Å². The van der Waals surface area contributed by atoms with E-state index in [4.69, 9.17) is 18.9 Å². The minimum Gasteiger partial charge on any atom is -0.465 e. The van der Waals surface area contributed by atoms with E-state index in [-0.39, 0.29) is 61.8 Å². The van der Waals surface area contributed by atoms with Gasteiger partial charge in [-0.15, -0.1) is 0 Å². The Labute approximate surface area is 455 Å². The molecule has 0 radical (unpaired) electrons. The first-order valence-electron chi connectivity index (χ1n) is 31.2. The van der Waals surface area contributed by atoms with E-state index >= 15 is 0 Å². The molecule has 0 N–H and O–H groups in total. The second-order valence-electron chi connectivity index (χ2n) is 22.1. The fraction of sp³-hybridized carbons (Fsp3) is 0.889. The van der Waals surface area contributed by atoms with Crippen molar-refractivity contribution in [1.29, 1.82) is 0 Å². The highest BCUT2D eigenvalue weighted by Crippen LogP contribution is 2.22. The zero-order valence-electron chi connectivity index (χ0n) is 49.5. The summed E-state index contributed by atoms with van der Waals surface area (Å²) in [4.78, 5) is 69.0. The van der Waals surface area contributed by atoms with Crippen molar-refractivity contribution in [1.82, 2.24) is 9.80 Å². The highest BCUT2D eigenvalue weighted by atomic mass is 16.5. The third-order valence-corrected chi connectivity index (χ3v) is 14.3. The summed E-state index contributed by atoms with van der Waals surface area (Å²) in [6, 6.07) is 0. The quantitative estimate of drug-likeness (QED) is 0.0251. The van der Waals surface area contributed by atoms with Gasteiger partial charge < -0.3 is 28.7 Å². The first kappa shape index (κ1) is 71.0. The average molecular weight is 1050 g/mol. The lowest BCUT2D eigenvalue weighted by atomic mass is 9.95. The lowest BCUT2D eigenvalue weighted by Gasteiger charge is -2.28. The number of amides is 1. The van der Waals surface area contributed by atoms with Crippen LogP contribution >= 0.6 is 0 Å². The number of unbranched alkanes of at least 4 members (excludes halogenated alkanes) is 21. The van der Waals surface area contributed by atoms with E-state index in [1.807, 2.05) is 19.0 Å². The standard InChI is InChI=1S/C63H118N2O9/c1-8-13-18-23-24-25-34-44-59(66)65(50-39-49-64(6)7)51-58(54-73-62(69)47-37-28-26-35-45-60(67)71-52-56(40-30-19-14-9-2)41-31-20-15-10-3)55-74-63(70)48-38-29-27-36-46-61(68)72-53-57(42-32-21-16-11-4)43-33-22-17-12-5/h24-25,56-58H,8-23,26-55H2,1-7H3/b25-24-. The number of esters is 4. The third kappa shape index (κ3) is 47.5. The molecule has 0 aliphatic rings. The number of rotatable bonds is 55. The van der Waals surface area contributed by atoms with Crippen LogP contribution in [0.5, 0.6) is 0 Å². The monoisotopic (exact) mass is 1050 g/mol. The molecule has 0 aromatic rings. The second kappa shape index (κ2) is 53.4. The normalized spacial score (nSPS) is 11.7. The van der Waals surface area contributed by atoms with E-state index < -0.39 is 0 Å². The van der Waals surface area contributed by atoms with Crippen molar-refractivity contribution >= 4 is 29.8 Å². The van der Waals surface area contributed by atoms with E-state index in [0.29, 0.717) is 76.7 Å². The molecule has 0 saturated heterocycles. The zero-order valence-corrected chi connectivity index (χ0v) is 49.5. The van der Waals surface area contributed by atoms with Crippen LogP contribution in [-0.2, 0) is 42.9 Å². The fourth-order valence-electron chi connectivity index (χ4n) is 9.45. The van der Waals surface area contributed by atoms with Crippen molar-refractivity contribution in [2.24, 2.45) is 17.8 Å². The van der Waals surface area contributed by atoms with Crippen LogP contribution in [0.1, 0.15) is 285 Å². The molecular weight excluding hydrogens is 929 g/mol. The number of hydrogen-bond acceptors (Lipinski definition) is 10. The van der Waals surface area contributed by atoms with Gasteiger partial charge in [-0.2, -0.15) is 0 Å². The SMILES string of the molecule is CCCCC/C=C\CCC(=O)N(CCCN(C)C)CC(COC(=O)CCCCCCC(=O)OCC(CCCCCC)CCCCCC)COC(=O)CCCCCCC(=O)OCC(CCCCCC)CCCCCC. The van der Waals surface area contributed by atoms with Crippen molar-refractivity contribution in [2.75, 3.05) is 60.2 Å². The van der Waals surface area contributed by atoms with Gasteiger partial charge in [-0.1, -0.05) is 188 Å². The summed E-state index contributed by atoms with van der Waals surface area (Å²) in [5, 5.41) is 0. The van der Waals surface area contributed by atoms with E-state index in [9.17, 15) is 24.0 Å². The molecule has 11 nitrogen and oxygen atoms in total. The first-order valence-corrected chi connectivity index (χ1v) is 31.2. The minimum absolute atomic E-state index is 0.0478. The predicted octanol–water partition coefficient (Wildman–Crippen LogP) is 16.3. The van der Waals surface area contributed by atoms with Crippen molar-refractivity contribution in [3.63, 3.8) is 0 Å². The van der Waals surface area contributed by atoms with Crippen LogP contribution in [0.15, 0.2) is 12.2 Å². The molecule has 0 rings (SSSR count). The molecule has 11 heteroatoms. The van der Waals surface area contributed by atoms with Crippen molar-refractivity contribution < 1.29 is 42.9 Å². The van der Waals surface area contributed by atoms with Crippen molar-refractivity contribution in [2.45, 2.75) is 285 Å². The Kier molecular flexibility index (Phi) is 51.3. The number of nitrogens with zero attached hydrogens (tertiary/aromatic N) is 2. The molecule has 1 amide bonds. The van der Waals surface area contributed by atoms with Crippen molar-refractivity contribution in [3.8, 4) is 0 Å². The summed E-state index contributed by atoms with van der Waals surface area (Å²) >= 11 is 0. The predicted molar refractivity (Wildman–Crippen MR) is 307 cm³/mol. The van der Waals surface area contributed by atoms with Gasteiger partial charge in [-0.25, -0.2) is 0 Å². The maximum atomic E-state index is 13.7. The molecular formula is C63H118N2O9. The number of allylic oxidation sites excluding steroid dienone is 2. The highest BCUT2D eigenvalue weighted by molar-refractivity contribution is 5.76. The summed E-state index contributed by atoms with van der Waals surface area (Å²) in [6.07, 6.45) is 42.4. The van der Waals surface area contributed by atoms with Crippen LogP contribution in [0, 0.1) is 17.8 Å². The molecule has 0 aliphatic carbocycles. The minimum atomic E-state index is -0.368. The maximum absolute atomic E-state index is 13.7. The van der Waals surface area contributed by atoms with Gasteiger partial charge >= 0.3 is 23.9 Å². The second-order valence-corrected chi connectivity index (χ2v) is 22.1. The lowest BCUT2D eigenvalue weighted by molar-refractivity contribution is -0.150. The van der Waals surface area contributed by atoms with E-state index in [1.54, 1.807) is 0 Å². The highest BCUT2D eigenvalue weighted by Gasteiger charge is 2.23. The summed E-state index contributed by atoms with van der Waals surface area (Å²) in [6.45, 7) is 14.0. The van der Waals surface area contributed by atoms with E-state index in [1.165, 1.54) is 116 Å². The van der Waals surface area contributed by atoms with E-state index in [0.717, 1.165) is 90.0 Å². The largest absolute Gasteiger partial charge is 0.465 e. The Hall–Kier alpha value is -2.95. The first-order chi connectivity index (χ1) is 36.0. The lowest BCUT2D eigenvalue weighted by Crippen LogP contribution is -2.40. The molecule has 0 spiro atoms. The molecule has 0 atom stereocenters. The van der Waals surface area contributed by atoms with Gasteiger partial charge in [0.15, 0.2) is 0 Å². The van der Waals surface area contributed by atoms with Gasteiger partial charge in [0.25, 0.3) is 0 Å².